The molecule has 1 aromatic heterocycles. The summed E-state index contributed by atoms with van der Waals surface area (Å²) in [6, 6.07) is 9.88. The number of nitrogen functional groups attached to an aromatic ring is 1. The summed E-state index contributed by atoms with van der Waals surface area (Å²) in [5.74, 6) is 1.36. The smallest absolute Gasteiger partial charge is 0.222 e. The van der Waals surface area contributed by atoms with Crippen LogP contribution in [0.3, 0.4) is 0 Å². The van der Waals surface area contributed by atoms with Crippen LogP contribution in [0.2, 0.25) is 0 Å². The Bertz CT molecular complexity index is 752. The van der Waals surface area contributed by atoms with Gasteiger partial charge >= 0.3 is 0 Å². The van der Waals surface area contributed by atoms with Crippen LogP contribution in [0, 0.1) is 0 Å². The molecule has 134 valence electrons. The van der Waals surface area contributed by atoms with Crippen molar-refractivity contribution in [3.8, 4) is 0 Å². The second kappa shape index (κ2) is 7.30. The molecule has 1 aliphatic rings. The molecule has 1 unspecified atom stereocenters. The first kappa shape index (κ1) is 18.1. The van der Waals surface area contributed by atoms with Gasteiger partial charge in [0.05, 0.1) is 12.2 Å². The molecular weight excluding hydrogens is 380 g/mol. The summed E-state index contributed by atoms with van der Waals surface area (Å²) in [5, 5.41) is 11.4. The van der Waals surface area contributed by atoms with Crippen LogP contribution in [0.4, 0.5) is 11.8 Å². The van der Waals surface area contributed by atoms with E-state index in [1.54, 1.807) is 0 Å². The Hall–Kier alpha value is -1.66. The lowest BCUT2D eigenvalue weighted by Crippen LogP contribution is -2.40. The number of β-amino-alcohol motifs (C(OH)–C–C–N with tert-alkyl or cyclic N) is 1. The first-order valence-electron chi connectivity index (χ1n) is 8.76. The van der Waals surface area contributed by atoms with Gasteiger partial charge in [-0.3, -0.25) is 0 Å². The average Bonchev–Trinajstić information content (AvgIpc) is 2.77. The minimum Gasteiger partial charge on any atom is -0.383 e. The van der Waals surface area contributed by atoms with Crippen molar-refractivity contribution in [3.05, 3.63) is 46.1 Å². The second-order valence-corrected chi connectivity index (χ2v) is 7.91. The van der Waals surface area contributed by atoms with Gasteiger partial charge < -0.3 is 15.7 Å². The van der Waals surface area contributed by atoms with Crippen LogP contribution >= 0.6 is 15.9 Å². The van der Waals surface area contributed by atoms with Gasteiger partial charge in [0, 0.05) is 17.1 Å². The Morgan fingerprint density at radius 1 is 1.24 bits per heavy atom. The number of nitrogens with two attached hydrogens (primary N) is 1. The molecule has 1 saturated heterocycles. The standard InChI is InChI=1S/C19H25BrN4O/c1-13(2)16-11-17(23-18(21)22-16)24-10-6-5-9-19(25,12-24)14-7-3-4-8-15(14)20/h3-4,7-8,11,13,25H,5-6,9-10,12H2,1-2H3,(H2,21,22,23). The summed E-state index contributed by atoms with van der Waals surface area (Å²) >= 11 is 3.59. The zero-order valence-electron chi connectivity index (χ0n) is 14.7. The Balaban J connectivity index is 1.97. The largest absolute Gasteiger partial charge is 0.383 e. The van der Waals surface area contributed by atoms with Crippen molar-refractivity contribution in [2.45, 2.75) is 44.6 Å². The molecular formula is C19H25BrN4O. The van der Waals surface area contributed by atoms with Crippen LogP contribution in [-0.2, 0) is 5.60 Å². The third kappa shape index (κ3) is 3.96. The third-order valence-electron chi connectivity index (χ3n) is 4.76. The van der Waals surface area contributed by atoms with Crippen LogP contribution in [0.25, 0.3) is 0 Å². The number of hydrogen-bond acceptors (Lipinski definition) is 5. The summed E-state index contributed by atoms with van der Waals surface area (Å²) in [7, 11) is 0. The molecule has 0 bridgehead atoms. The molecule has 0 amide bonds. The maximum absolute atomic E-state index is 11.4. The van der Waals surface area contributed by atoms with E-state index in [2.05, 4.69) is 44.6 Å². The number of benzene rings is 1. The predicted molar refractivity (Wildman–Crippen MR) is 105 cm³/mol. The van der Waals surface area contributed by atoms with E-state index in [1.165, 1.54) is 0 Å². The lowest BCUT2D eigenvalue weighted by atomic mass is 9.89. The molecule has 1 aromatic carbocycles. The molecule has 25 heavy (non-hydrogen) atoms. The van der Waals surface area contributed by atoms with E-state index in [9.17, 15) is 5.11 Å². The van der Waals surface area contributed by atoms with Crippen molar-refractivity contribution in [3.63, 3.8) is 0 Å². The number of rotatable bonds is 3. The number of halogens is 1. The molecule has 1 aliphatic heterocycles. The zero-order chi connectivity index (χ0) is 18.0. The molecule has 6 heteroatoms. The van der Waals surface area contributed by atoms with Gasteiger partial charge in [-0.1, -0.05) is 48.0 Å². The van der Waals surface area contributed by atoms with Crippen molar-refractivity contribution in [1.29, 1.82) is 0 Å². The van der Waals surface area contributed by atoms with Gasteiger partial charge in [-0.25, -0.2) is 4.98 Å². The monoisotopic (exact) mass is 404 g/mol. The van der Waals surface area contributed by atoms with E-state index in [0.717, 1.165) is 47.4 Å². The van der Waals surface area contributed by atoms with E-state index >= 15 is 0 Å². The van der Waals surface area contributed by atoms with Crippen LogP contribution in [0.5, 0.6) is 0 Å². The Labute approximate surface area is 157 Å². The number of nitrogens with zero attached hydrogens (tertiary/aromatic N) is 3. The fourth-order valence-corrected chi connectivity index (χ4v) is 4.03. The highest BCUT2D eigenvalue weighted by atomic mass is 79.9. The van der Waals surface area contributed by atoms with E-state index < -0.39 is 5.60 Å². The molecule has 3 rings (SSSR count). The molecule has 1 fully saturated rings. The van der Waals surface area contributed by atoms with Crippen LogP contribution in [0.15, 0.2) is 34.8 Å². The number of anilines is 2. The van der Waals surface area contributed by atoms with E-state index in [0.29, 0.717) is 6.54 Å². The molecule has 2 aromatic rings. The first-order valence-corrected chi connectivity index (χ1v) is 9.55. The van der Waals surface area contributed by atoms with Crippen LogP contribution in [-0.4, -0.2) is 28.2 Å². The maximum atomic E-state index is 11.4. The van der Waals surface area contributed by atoms with E-state index in [1.807, 2.05) is 30.3 Å². The van der Waals surface area contributed by atoms with Gasteiger partial charge in [-0.05, 0) is 36.8 Å². The number of aromatic nitrogens is 2. The molecule has 1 atom stereocenters. The van der Waals surface area contributed by atoms with Gasteiger partial charge in [0.25, 0.3) is 0 Å². The van der Waals surface area contributed by atoms with Crippen molar-refractivity contribution < 1.29 is 5.11 Å². The fourth-order valence-electron chi connectivity index (χ4n) is 3.38. The molecule has 0 spiro atoms. The number of hydrogen-bond donors (Lipinski definition) is 2. The van der Waals surface area contributed by atoms with Crippen molar-refractivity contribution in [2.24, 2.45) is 0 Å². The van der Waals surface area contributed by atoms with Crippen LogP contribution in [0.1, 0.15) is 50.3 Å². The highest BCUT2D eigenvalue weighted by Gasteiger charge is 2.35. The van der Waals surface area contributed by atoms with Crippen molar-refractivity contribution >= 4 is 27.7 Å². The molecule has 0 saturated carbocycles. The minimum atomic E-state index is -0.922. The SMILES string of the molecule is CC(C)c1cc(N2CCCCC(O)(c3ccccc3Br)C2)nc(N)n1. The maximum Gasteiger partial charge on any atom is 0.222 e. The van der Waals surface area contributed by atoms with Gasteiger partial charge in [-0.15, -0.1) is 0 Å². The Kier molecular flexibility index (Phi) is 5.29. The Morgan fingerprint density at radius 3 is 2.72 bits per heavy atom. The normalized spacial score (nSPS) is 21.4. The van der Waals surface area contributed by atoms with Crippen molar-refractivity contribution in [2.75, 3.05) is 23.7 Å². The summed E-state index contributed by atoms with van der Waals surface area (Å²) in [6.07, 6.45) is 2.70. The lowest BCUT2D eigenvalue weighted by molar-refractivity contribution is 0.0371. The molecule has 0 aliphatic carbocycles. The highest BCUT2D eigenvalue weighted by molar-refractivity contribution is 9.10. The van der Waals surface area contributed by atoms with Gasteiger partial charge in [0.2, 0.25) is 5.95 Å². The Morgan fingerprint density at radius 2 is 2.00 bits per heavy atom. The molecule has 0 radical (unpaired) electrons. The van der Waals surface area contributed by atoms with E-state index in [-0.39, 0.29) is 11.9 Å². The zero-order valence-corrected chi connectivity index (χ0v) is 16.3. The van der Waals surface area contributed by atoms with Gasteiger partial charge in [-0.2, -0.15) is 4.98 Å². The summed E-state index contributed by atoms with van der Waals surface area (Å²) in [4.78, 5) is 10.9. The van der Waals surface area contributed by atoms with Crippen LogP contribution < -0.4 is 10.6 Å². The number of aliphatic hydroxyl groups is 1. The van der Waals surface area contributed by atoms with Gasteiger partial charge in [0.15, 0.2) is 0 Å². The predicted octanol–water partition coefficient (Wildman–Crippen LogP) is 3.82. The summed E-state index contributed by atoms with van der Waals surface area (Å²) in [6.45, 7) is 5.52. The minimum absolute atomic E-state index is 0.276. The molecule has 2 heterocycles. The van der Waals surface area contributed by atoms with Gasteiger partial charge in [0.1, 0.15) is 11.4 Å². The lowest BCUT2D eigenvalue weighted by Gasteiger charge is -2.33. The molecule has 5 nitrogen and oxygen atoms in total. The summed E-state index contributed by atoms with van der Waals surface area (Å²) < 4.78 is 0.935. The first-order chi connectivity index (χ1) is 11.9. The fraction of sp³-hybridized carbons (Fsp3) is 0.474. The third-order valence-corrected chi connectivity index (χ3v) is 5.45. The average molecular weight is 405 g/mol. The quantitative estimate of drug-likeness (QED) is 0.812. The highest BCUT2D eigenvalue weighted by Crippen LogP contribution is 2.36. The summed E-state index contributed by atoms with van der Waals surface area (Å²) in [5.41, 5.74) is 6.86. The second-order valence-electron chi connectivity index (χ2n) is 7.05. The van der Waals surface area contributed by atoms with Crippen molar-refractivity contribution in [1.82, 2.24) is 9.97 Å². The topological polar surface area (TPSA) is 75.3 Å². The van der Waals surface area contributed by atoms with E-state index in [4.69, 9.17) is 5.73 Å². The molecule has 3 N–H and O–H groups in total.